The minimum absolute atomic E-state index is 0.234. The van der Waals surface area contributed by atoms with E-state index in [1.165, 1.54) is 51.4 Å². The summed E-state index contributed by atoms with van der Waals surface area (Å²) in [5.74, 6) is -2.37. The zero-order valence-electron chi connectivity index (χ0n) is 30.4. The molecule has 0 aliphatic rings. The number of carbonyl (C=O) groups excluding carboxylic acids is 3. The van der Waals surface area contributed by atoms with Gasteiger partial charge in [-0.25, -0.2) is 0 Å². The smallest absolute Gasteiger partial charge is 0.316 e. The topological polar surface area (TPSA) is 60.4 Å². The number of esters is 1. The molecule has 46 heavy (non-hydrogen) atoms. The molecule has 0 N–H and O–H groups in total. The van der Waals surface area contributed by atoms with Crippen molar-refractivity contribution in [1.82, 2.24) is 0 Å². The Labute approximate surface area is 285 Å². The van der Waals surface area contributed by atoms with Gasteiger partial charge in [-0.2, -0.15) is 0 Å². The molecule has 0 saturated carbocycles. The summed E-state index contributed by atoms with van der Waals surface area (Å²) in [7, 11) is 0. The van der Waals surface area contributed by atoms with Crippen LogP contribution in [-0.4, -0.2) is 24.1 Å². The summed E-state index contributed by atoms with van der Waals surface area (Å²) in [5.41, 5.74) is 0. The summed E-state index contributed by atoms with van der Waals surface area (Å²) in [6.07, 6.45) is 44.6. The van der Waals surface area contributed by atoms with Gasteiger partial charge in [0.25, 0.3) is 0 Å². The summed E-state index contributed by atoms with van der Waals surface area (Å²) < 4.78 is 5.48. The molecule has 1 unspecified atom stereocenters. The number of ketones is 2. The van der Waals surface area contributed by atoms with Crippen molar-refractivity contribution in [1.29, 1.82) is 0 Å². The van der Waals surface area contributed by atoms with Crippen LogP contribution in [-0.2, 0) is 19.1 Å². The SMILES string of the molecule is CCCCC/C=C\C/C=C\CCCCCCC(=O)C(=O)C(CCCCCC/C=C\C/C=C\CCCCC)C(=O)OCCCCCC. The van der Waals surface area contributed by atoms with Crippen molar-refractivity contribution in [2.24, 2.45) is 5.92 Å². The average Bonchev–Trinajstić information content (AvgIpc) is 3.06. The first kappa shape index (κ1) is 43.8. The normalized spacial score (nSPS) is 12.7. The number of allylic oxidation sites excluding steroid dienone is 8. The lowest BCUT2D eigenvalue weighted by molar-refractivity contribution is -0.155. The fourth-order valence-corrected chi connectivity index (χ4v) is 5.38. The van der Waals surface area contributed by atoms with Crippen LogP contribution in [0.15, 0.2) is 48.6 Å². The van der Waals surface area contributed by atoms with Crippen molar-refractivity contribution >= 4 is 17.5 Å². The van der Waals surface area contributed by atoms with Crippen molar-refractivity contribution in [3.05, 3.63) is 48.6 Å². The Morgan fingerprint density at radius 2 is 0.891 bits per heavy atom. The van der Waals surface area contributed by atoms with Crippen LogP contribution < -0.4 is 0 Å². The van der Waals surface area contributed by atoms with Crippen LogP contribution in [0.25, 0.3) is 0 Å². The highest BCUT2D eigenvalue weighted by Gasteiger charge is 2.31. The highest BCUT2D eigenvalue weighted by molar-refractivity contribution is 6.41. The van der Waals surface area contributed by atoms with Gasteiger partial charge in [0.2, 0.25) is 5.78 Å². The van der Waals surface area contributed by atoms with Crippen LogP contribution in [0.1, 0.15) is 188 Å². The van der Waals surface area contributed by atoms with E-state index in [9.17, 15) is 14.4 Å². The summed E-state index contributed by atoms with van der Waals surface area (Å²) in [6.45, 7) is 6.94. The van der Waals surface area contributed by atoms with Gasteiger partial charge in [-0.1, -0.05) is 146 Å². The number of hydrogen-bond acceptors (Lipinski definition) is 4. The number of unbranched alkanes of at least 4 members (excludes halogenated alkanes) is 17. The molecular formula is C42H72O4. The Morgan fingerprint density at radius 3 is 1.39 bits per heavy atom. The van der Waals surface area contributed by atoms with Gasteiger partial charge in [0.15, 0.2) is 5.78 Å². The van der Waals surface area contributed by atoms with Crippen LogP contribution in [0.4, 0.5) is 0 Å². The van der Waals surface area contributed by atoms with E-state index in [0.717, 1.165) is 96.3 Å². The molecule has 1 atom stereocenters. The summed E-state index contributed by atoms with van der Waals surface area (Å²) in [4.78, 5) is 38.7. The van der Waals surface area contributed by atoms with Gasteiger partial charge >= 0.3 is 5.97 Å². The first-order valence-electron chi connectivity index (χ1n) is 19.4. The van der Waals surface area contributed by atoms with Crippen LogP contribution >= 0.6 is 0 Å². The second kappa shape index (κ2) is 35.6. The minimum Gasteiger partial charge on any atom is -0.465 e. The van der Waals surface area contributed by atoms with E-state index in [1.807, 2.05) is 0 Å². The van der Waals surface area contributed by atoms with Gasteiger partial charge in [-0.15, -0.1) is 0 Å². The fourth-order valence-electron chi connectivity index (χ4n) is 5.38. The third-order valence-electron chi connectivity index (χ3n) is 8.42. The lowest BCUT2D eigenvalue weighted by Crippen LogP contribution is -2.32. The van der Waals surface area contributed by atoms with E-state index in [-0.39, 0.29) is 6.42 Å². The molecule has 0 aromatic carbocycles. The van der Waals surface area contributed by atoms with Crippen LogP contribution in [0.5, 0.6) is 0 Å². The quantitative estimate of drug-likeness (QED) is 0.0231. The van der Waals surface area contributed by atoms with Crippen LogP contribution in [0.2, 0.25) is 0 Å². The maximum absolute atomic E-state index is 13.1. The molecule has 0 aromatic rings. The number of hydrogen-bond donors (Lipinski definition) is 0. The number of Topliss-reactive ketones (excluding diaryl/α,β-unsaturated/α-hetero) is 2. The Morgan fingerprint density at radius 1 is 0.478 bits per heavy atom. The van der Waals surface area contributed by atoms with Crippen LogP contribution in [0, 0.1) is 5.92 Å². The highest BCUT2D eigenvalue weighted by atomic mass is 16.5. The van der Waals surface area contributed by atoms with Crippen molar-refractivity contribution in [3.8, 4) is 0 Å². The summed E-state index contributed by atoms with van der Waals surface area (Å²) in [5, 5.41) is 0. The standard InChI is InChI=1S/C42H72O4/c1-4-7-10-13-15-17-19-21-23-25-27-29-31-33-36-39(42(45)46-38-35-12-9-6-3)41(44)40(43)37-34-32-30-28-26-24-22-20-18-16-14-11-8-5-2/h15-18,21-24,39H,4-14,19-20,25-38H2,1-3H3/b17-15-,18-16-,23-21-,24-22-. The molecule has 4 heteroatoms. The molecule has 0 rings (SSSR count). The molecule has 0 aromatic heterocycles. The molecule has 0 aliphatic heterocycles. The van der Waals surface area contributed by atoms with E-state index in [0.29, 0.717) is 19.4 Å². The monoisotopic (exact) mass is 641 g/mol. The molecule has 0 amide bonds. The molecule has 0 saturated heterocycles. The molecule has 0 radical (unpaired) electrons. The number of ether oxygens (including phenoxy) is 1. The maximum Gasteiger partial charge on any atom is 0.316 e. The third-order valence-corrected chi connectivity index (χ3v) is 8.42. The highest BCUT2D eigenvalue weighted by Crippen LogP contribution is 2.18. The molecular weight excluding hydrogens is 568 g/mol. The number of carbonyl (C=O) groups is 3. The van der Waals surface area contributed by atoms with E-state index in [4.69, 9.17) is 4.74 Å². The van der Waals surface area contributed by atoms with Gasteiger partial charge in [0.05, 0.1) is 6.61 Å². The fraction of sp³-hybridized carbons (Fsp3) is 0.738. The minimum atomic E-state index is -0.937. The average molecular weight is 641 g/mol. The zero-order valence-corrected chi connectivity index (χ0v) is 30.4. The second-order valence-electron chi connectivity index (χ2n) is 12.9. The molecule has 0 fully saturated rings. The van der Waals surface area contributed by atoms with Gasteiger partial charge < -0.3 is 4.74 Å². The largest absolute Gasteiger partial charge is 0.465 e. The van der Waals surface area contributed by atoms with Crippen molar-refractivity contribution < 1.29 is 19.1 Å². The molecule has 264 valence electrons. The van der Waals surface area contributed by atoms with E-state index < -0.39 is 23.5 Å². The van der Waals surface area contributed by atoms with Crippen molar-refractivity contribution in [2.45, 2.75) is 188 Å². The van der Waals surface area contributed by atoms with Gasteiger partial charge in [-0.05, 0) is 83.5 Å². The lowest BCUT2D eigenvalue weighted by Gasteiger charge is -2.15. The molecule has 0 heterocycles. The first-order chi connectivity index (χ1) is 22.6. The third kappa shape index (κ3) is 29.2. The first-order valence-corrected chi connectivity index (χ1v) is 19.4. The lowest BCUT2D eigenvalue weighted by atomic mass is 9.92. The molecule has 0 bridgehead atoms. The summed E-state index contributed by atoms with van der Waals surface area (Å²) >= 11 is 0. The molecule has 0 aliphatic carbocycles. The van der Waals surface area contributed by atoms with E-state index in [2.05, 4.69) is 69.4 Å². The summed E-state index contributed by atoms with van der Waals surface area (Å²) in [6, 6.07) is 0. The zero-order chi connectivity index (χ0) is 33.8. The molecule has 0 spiro atoms. The Hall–Kier alpha value is -2.23. The number of rotatable bonds is 34. The second-order valence-corrected chi connectivity index (χ2v) is 12.9. The van der Waals surface area contributed by atoms with Crippen molar-refractivity contribution in [2.75, 3.05) is 6.61 Å². The maximum atomic E-state index is 13.1. The van der Waals surface area contributed by atoms with Gasteiger partial charge in [0.1, 0.15) is 5.92 Å². The van der Waals surface area contributed by atoms with Crippen molar-refractivity contribution in [3.63, 3.8) is 0 Å². The predicted octanol–water partition coefficient (Wildman–Crippen LogP) is 12.7. The van der Waals surface area contributed by atoms with Gasteiger partial charge in [0, 0.05) is 6.42 Å². The van der Waals surface area contributed by atoms with Gasteiger partial charge in [-0.3, -0.25) is 14.4 Å². The van der Waals surface area contributed by atoms with E-state index in [1.54, 1.807) is 0 Å². The Bertz CT molecular complexity index is 835. The predicted molar refractivity (Wildman–Crippen MR) is 198 cm³/mol. The molecule has 4 nitrogen and oxygen atoms in total. The Balaban J connectivity index is 4.37. The van der Waals surface area contributed by atoms with Crippen LogP contribution in [0.3, 0.4) is 0 Å². The Kier molecular flexibility index (Phi) is 33.9. The van der Waals surface area contributed by atoms with E-state index >= 15 is 0 Å².